The lowest BCUT2D eigenvalue weighted by atomic mass is 10.4. The van der Waals surface area contributed by atoms with Crippen LogP contribution in [0.25, 0.3) is 10.2 Å². The number of nitrogens with two attached hydrogens (primary N) is 1. The first-order valence-electron chi connectivity index (χ1n) is 5.49. The highest BCUT2D eigenvalue weighted by atomic mass is 32.2. The highest BCUT2D eigenvalue weighted by Gasteiger charge is 2.09. The molecule has 0 bridgehead atoms. The van der Waals surface area contributed by atoms with Crippen LogP contribution in [0.2, 0.25) is 0 Å². The summed E-state index contributed by atoms with van der Waals surface area (Å²) in [5.74, 6) is 0.741. The number of aromatic nitrogens is 2. The van der Waals surface area contributed by atoms with Crippen LogP contribution >= 0.6 is 23.1 Å². The Bertz CT molecular complexity index is 567. The normalized spacial score (nSPS) is 11.1. The van der Waals surface area contributed by atoms with E-state index in [4.69, 9.17) is 5.73 Å². The smallest absolute Gasteiger partial charge is 0.230 e. The maximum atomic E-state index is 11.5. The van der Waals surface area contributed by atoms with E-state index in [0.717, 1.165) is 10.2 Å². The number of thioether (sulfide) groups is 1. The van der Waals surface area contributed by atoms with Crippen LogP contribution in [-0.4, -0.2) is 27.7 Å². The van der Waals surface area contributed by atoms with Gasteiger partial charge in [-0.2, -0.15) is 0 Å². The van der Waals surface area contributed by atoms with Crippen LogP contribution in [0, 0.1) is 0 Å². The monoisotopic (exact) mass is 282 g/mol. The van der Waals surface area contributed by atoms with Crippen LogP contribution in [0.3, 0.4) is 0 Å². The summed E-state index contributed by atoms with van der Waals surface area (Å²) in [5.41, 5.74) is 5.83. The summed E-state index contributed by atoms with van der Waals surface area (Å²) in [7, 11) is 0. The second-order valence-corrected chi connectivity index (χ2v) is 5.88. The molecule has 0 fully saturated rings. The summed E-state index contributed by atoms with van der Waals surface area (Å²) < 4.78 is 0. The molecule has 0 spiro atoms. The van der Waals surface area contributed by atoms with Gasteiger partial charge in [0, 0.05) is 6.04 Å². The Morgan fingerprint density at radius 1 is 1.56 bits per heavy atom. The molecule has 0 aliphatic heterocycles. The minimum Gasteiger partial charge on any atom is -0.383 e. The molecule has 0 saturated heterocycles. The van der Waals surface area contributed by atoms with E-state index >= 15 is 0 Å². The number of rotatable bonds is 4. The van der Waals surface area contributed by atoms with E-state index in [1.165, 1.54) is 23.1 Å². The number of fused-ring (bicyclic) bond motifs is 1. The number of nitrogens with one attached hydrogen (secondary N) is 1. The Hall–Kier alpha value is -1.34. The molecular formula is C11H14N4OS2. The molecule has 0 aliphatic rings. The van der Waals surface area contributed by atoms with Crippen LogP contribution in [0.1, 0.15) is 13.8 Å². The first kappa shape index (κ1) is 13.1. The molecule has 1 amide bonds. The van der Waals surface area contributed by atoms with Gasteiger partial charge in [0.1, 0.15) is 10.6 Å². The van der Waals surface area contributed by atoms with Crippen molar-refractivity contribution in [3.8, 4) is 0 Å². The largest absolute Gasteiger partial charge is 0.383 e. The fourth-order valence-corrected chi connectivity index (χ4v) is 2.91. The predicted molar refractivity (Wildman–Crippen MR) is 75.8 cm³/mol. The van der Waals surface area contributed by atoms with Gasteiger partial charge < -0.3 is 11.1 Å². The van der Waals surface area contributed by atoms with Crippen molar-refractivity contribution in [2.75, 3.05) is 11.5 Å². The fourth-order valence-electron chi connectivity index (χ4n) is 1.42. The van der Waals surface area contributed by atoms with Gasteiger partial charge in [0.05, 0.1) is 11.1 Å². The summed E-state index contributed by atoms with van der Waals surface area (Å²) in [4.78, 5) is 20.9. The average molecular weight is 282 g/mol. The third-order valence-corrected chi connectivity index (χ3v) is 3.77. The number of anilines is 1. The van der Waals surface area contributed by atoms with Gasteiger partial charge in [-0.3, -0.25) is 4.79 Å². The molecule has 2 aromatic heterocycles. The van der Waals surface area contributed by atoms with Crippen molar-refractivity contribution in [3.63, 3.8) is 0 Å². The highest BCUT2D eigenvalue weighted by Crippen LogP contribution is 2.26. The van der Waals surface area contributed by atoms with E-state index in [1.54, 1.807) is 0 Å². The number of nitrogens with zero attached hydrogens (tertiary/aromatic N) is 2. The van der Waals surface area contributed by atoms with Gasteiger partial charge in [0.15, 0.2) is 5.16 Å². The number of hydrogen-bond donors (Lipinski definition) is 2. The number of hydrogen-bond acceptors (Lipinski definition) is 6. The Balaban J connectivity index is 2.05. The molecule has 2 heterocycles. The minimum absolute atomic E-state index is 0.0246. The zero-order valence-electron chi connectivity index (χ0n) is 10.1. The van der Waals surface area contributed by atoms with Gasteiger partial charge in [-0.25, -0.2) is 9.97 Å². The number of amides is 1. The van der Waals surface area contributed by atoms with Gasteiger partial charge in [-0.05, 0) is 25.3 Å². The van der Waals surface area contributed by atoms with E-state index in [2.05, 4.69) is 15.3 Å². The second-order valence-electron chi connectivity index (χ2n) is 4.04. The van der Waals surface area contributed by atoms with Crippen LogP contribution in [0.4, 0.5) is 5.82 Å². The molecule has 18 heavy (non-hydrogen) atoms. The lowest BCUT2D eigenvalue weighted by Gasteiger charge is -2.07. The Morgan fingerprint density at radius 3 is 3.06 bits per heavy atom. The maximum Gasteiger partial charge on any atom is 0.230 e. The number of carbonyl (C=O) groups is 1. The number of nitrogen functional groups attached to an aromatic ring is 1. The third-order valence-electron chi connectivity index (χ3n) is 2.12. The van der Waals surface area contributed by atoms with Gasteiger partial charge in [-0.1, -0.05) is 11.8 Å². The minimum atomic E-state index is -0.0246. The predicted octanol–water partition coefficient (Wildman–Crippen LogP) is 1.89. The number of thiophene rings is 1. The van der Waals surface area contributed by atoms with Gasteiger partial charge in [0.2, 0.25) is 5.91 Å². The Labute approximate surface area is 113 Å². The van der Waals surface area contributed by atoms with Gasteiger partial charge in [-0.15, -0.1) is 11.3 Å². The molecule has 0 radical (unpaired) electrons. The van der Waals surface area contributed by atoms with Gasteiger partial charge in [0.25, 0.3) is 0 Å². The van der Waals surface area contributed by atoms with Crippen molar-refractivity contribution in [2.24, 2.45) is 0 Å². The fraction of sp³-hybridized carbons (Fsp3) is 0.364. The zero-order valence-corrected chi connectivity index (χ0v) is 11.8. The molecular weight excluding hydrogens is 268 g/mol. The lowest BCUT2D eigenvalue weighted by molar-refractivity contribution is -0.119. The van der Waals surface area contributed by atoms with E-state index in [1.807, 2.05) is 25.3 Å². The quantitative estimate of drug-likeness (QED) is 0.661. The summed E-state index contributed by atoms with van der Waals surface area (Å²) in [5, 5.41) is 6.16. The Morgan fingerprint density at radius 2 is 2.33 bits per heavy atom. The maximum absolute atomic E-state index is 11.5. The summed E-state index contributed by atoms with van der Waals surface area (Å²) in [6, 6.07) is 2.04. The zero-order chi connectivity index (χ0) is 13.1. The molecule has 0 aromatic carbocycles. The van der Waals surface area contributed by atoms with Crippen LogP contribution in [0.5, 0.6) is 0 Å². The third kappa shape index (κ3) is 3.11. The van der Waals surface area contributed by atoms with Crippen molar-refractivity contribution in [3.05, 3.63) is 11.4 Å². The summed E-state index contributed by atoms with van der Waals surface area (Å²) >= 11 is 2.81. The van der Waals surface area contributed by atoms with Crippen molar-refractivity contribution in [2.45, 2.75) is 25.0 Å². The molecule has 3 N–H and O–H groups in total. The van der Waals surface area contributed by atoms with E-state index < -0.39 is 0 Å². The van der Waals surface area contributed by atoms with E-state index in [-0.39, 0.29) is 11.9 Å². The Kier molecular flexibility index (Phi) is 4.03. The average Bonchev–Trinajstić information content (AvgIpc) is 2.74. The van der Waals surface area contributed by atoms with Gasteiger partial charge >= 0.3 is 0 Å². The van der Waals surface area contributed by atoms with Crippen LogP contribution in [-0.2, 0) is 4.79 Å². The first-order chi connectivity index (χ1) is 8.56. The highest BCUT2D eigenvalue weighted by molar-refractivity contribution is 7.99. The topological polar surface area (TPSA) is 80.9 Å². The molecule has 0 unspecified atom stereocenters. The molecule has 5 nitrogen and oxygen atoms in total. The van der Waals surface area contributed by atoms with Crippen LogP contribution < -0.4 is 11.1 Å². The molecule has 7 heteroatoms. The van der Waals surface area contributed by atoms with E-state index in [0.29, 0.717) is 16.7 Å². The van der Waals surface area contributed by atoms with Crippen molar-refractivity contribution in [1.82, 2.24) is 15.3 Å². The molecule has 96 valence electrons. The second kappa shape index (κ2) is 5.53. The van der Waals surface area contributed by atoms with Crippen molar-refractivity contribution < 1.29 is 4.79 Å². The van der Waals surface area contributed by atoms with Crippen molar-refractivity contribution >= 4 is 45.0 Å². The van der Waals surface area contributed by atoms with Crippen LogP contribution in [0.15, 0.2) is 16.6 Å². The molecule has 0 saturated carbocycles. The molecule has 2 rings (SSSR count). The summed E-state index contributed by atoms with van der Waals surface area (Å²) in [6.45, 7) is 3.85. The van der Waals surface area contributed by atoms with Crippen molar-refractivity contribution in [1.29, 1.82) is 0 Å². The molecule has 0 aliphatic carbocycles. The first-order valence-corrected chi connectivity index (χ1v) is 7.35. The lowest BCUT2D eigenvalue weighted by Crippen LogP contribution is -2.31. The SMILES string of the molecule is CC(C)NC(=O)CSc1nc(N)c2ccsc2n1. The summed E-state index contributed by atoms with van der Waals surface area (Å²) in [6.07, 6.45) is 0. The molecule has 0 atom stereocenters. The molecule has 2 aromatic rings. The standard InChI is InChI=1S/C11H14N4OS2/c1-6(2)13-8(16)5-18-11-14-9(12)7-3-4-17-10(7)15-11/h3-4,6H,5H2,1-2H3,(H,13,16)(H2,12,14,15). The number of carbonyl (C=O) groups excluding carboxylic acids is 1. The van der Waals surface area contributed by atoms with E-state index in [9.17, 15) is 4.79 Å².